The molecule has 92 valence electrons. The molecule has 0 bridgehead atoms. The van der Waals surface area contributed by atoms with Gasteiger partial charge in [0.2, 0.25) is 0 Å². The van der Waals surface area contributed by atoms with Crippen molar-refractivity contribution in [2.75, 3.05) is 0 Å². The van der Waals surface area contributed by atoms with Crippen molar-refractivity contribution in [2.24, 2.45) is 0 Å². The summed E-state index contributed by atoms with van der Waals surface area (Å²) in [6.45, 7) is 3.55. The molecule has 6 heteroatoms. The lowest BCUT2D eigenvalue weighted by atomic mass is 10.2. The van der Waals surface area contributed by atoms with Crippen LogP contribution in [0, 0.1) is 0 Å². The lowest BCUT2D eigenvalue weighted by Crippen LogP contribution is -2.10. The molecule has 0 unspecified atom stereocenters. The van der Waals surface area contributed by atoms with E-state index in [-0.39, 0.29) is 11.7 Å². The van der Waals surface area contributed by atoms with E-state index in [1.165, 1.54) is 0 Å². The normalized spacial score (nSPS) is 12.8. The standard InChI is InChI=1S/C10H14F4N2/c1-6(2)9-15-7(10(3,13)14)4-16(9)5-8(11)12/h4,6,8H,5H2,1-3H3. The zero-order valence-electron chi connectivity index (χ0n) is 9.35. The third-order valence-electron chi connectivity index (χ3n) is 2.11. The van der Waals surface area contributed by atoms with Gasteiger partial charge >= 0.3 is 0 Å². The average molecular weight is 238 g/mol. The molecular formula is C10H14F4N2. The lowest BCUT2D eigenvalue weighted by molar-refractivity contribution is 0.0128. The summed E-state index contributed by atoms with van der Waals surface area (Å²) in [7, 11) is 0. The second kappa shape index (κ2) is 4.43. The topological polar surface area (TPSA) is 17.8 Å². The molecule has 1 heterocycles. The summed E-state index contributed by atoms with van der Waals surface area (Å²) in [5.41, 5.74) is -0.461. The van der Waals surface area contributed by atoms with Gasteiger partial charge in [-0.05, 0) is 0 Å². The van der Waals surface area contributed by atoms with Gasteiger partial charge in [-0.15, -0.1) is 0 Å². The van der Waals surface area contributed by atoms with E-state index in [2.05, 4.69) is 4.98 Å². The Labute approximate surface area is 91.3 Å². The Kier molecular flexibility index (Phi) is 3.60. The number of alkyl halides is 4. The van der Waals surface area contributed by atoms with E-state index in [1.807, 2.05) is 0 Å². The van der Waals surface area contributed by atoms with Crippen LogP contribution in [0.1, 0.15) is 38.2 Å². The van der Waals surface area contributed by atoms with E-state index >= 15 is 0 Å². The van der Waals surface area contributed by atoms with Crippen LogP contribution in [0.15, 0.2) is 6.20 Å². The fraction of sp³-hybridized carbons (Fsp3) is 0.700. The van der Waals surface area contributed by atoms with E-state index in [0.29, 0.717) is 6.92 Å². The van der Waals surface area contributed by atoms with Crippen molar-refractivity contribution in [3.8, 4) is 0 Å². The largest absolute Gasteiger partial charge is 0.328 e. The summed E-state index contributed by atoms with van der Waals surface area (Å²) >= 11 is 0. The molecule has 0 spiro atoms. The van der Waals surface area contributed by atoms with Crippen molar-refractivity contribution < 1.29 is 17.6 Å². The number of hydrogen-bond acceptors (Lipinski definition) is 1. The maximum atomic E-state index is 13.0. The molecule has 0 N–H and O–H groups in total. The van der Waals surface area contributed by atoms with Gasteiger partial charge in [-0.3, -0.25) is 0 Å². The van der Waals surface area contributed by atoms with Gasteiger partial charge in [0.05, 0.1) is 6.54 Å². The minimum atomic E-state index is -3.10. The predicted molar refractivity (Wildman–Crippen MR) is 51.9 cm³/mol. The van der Waals surface area contributed by atoms with Gasteiger partial charge in [0.1, 0.15) is 11.5 Å². The summed E-state index contributed by atoms with van der Waals surface area (Å²) in [6, 6.07) is 0. The highest BCUT2D eigenvalue weighted by atomic mass is 19.3. The molecule has 0 amide bonds. The maximum absolute atomic E-state index is 13.0. The fourth-order valence-electron chi connectivity index (χ4n) is 1.40. The number of rotatable bonds is 4. The molecule has 0 atom stereocenters. The van der Waals surface area contributed by atoms with E-state index in [9.17, 15) is 17.6 Å². The van der Waals surface area contributed by atoms with Crippen LogP contribution in [-0.2, 0) is 12.5 Å². The highest BCUT2D eigenvalue weighted by Gasteiger charge is 2.29. The molecule has 0 aromatic carbocycles. The van der Waals surface area contributed by atoms with Crippen LogP contribution < -0.4 is 0 Å². The molecule has 1 aromatic rings. The number of hydrogen-bond donors (Lipinski definition) is 0. The summed E-state index contributed by atoms with van der Waals surface area (Å²) in [5.74, 6) is -3.01. The molecule has 1 aromatic heterocycles. The smallest absolute Gasteiger partial charge is 0.288 e. The van der Waals surface area contributed by atoms with Crippen molar-refractivity contribution >= 4 is 0 Å². The predicted octanol–water partition coefficient (Wildman–Crippen LogP) is 3.38. The third kappa shape index (κ3) is 2.96. The quantitative estimate of drug-likeness (QED) is 0.735. The van der Waals surface area contributed by atoms with Gasteiger partial charge in [-0.2, -0.15) is 8.78 Å². The van der Waals surface area contributed by atoms with Crippen LogP contribution >= 0.6 is 0 Å². The first kappa shape index (κ1) is 13.0. The Bertz CT molecular complexity index is 352. The van der Waals surface area contributed by atoms with Gasteiger partial charge in [-0.25, -0.2) is 13.8 Å². The van der Waals surface area contributed by atoms with Crippen molar-refractivity contribution in [1.82, 2.24) is 9.55 Å². The second-order valence-corrected chi connectivity index (χ2v) is 4.07. The molecular weight excluding hydrogens is 224 g/mol. The third-order valence-corrected chi connectivity index (χ3v) is 2.11. The fourth-order valence-corrected chi connectivity index (χ4v) is 1.40. The first-order valence-electron chi connectivity index (χ1n) is 4.95. The Morgan fingerprint density at radius 2 is 1.94 bits per heavy atom. The Morgan fingerprint density at radius 3 is 2.31 bits per heavy atom. The molecule has 0 saturated carbocycles. The van der Waals surface area contributed by atoms with Crippen LogP contribution in [0.5, 0.6) is 0 Å². The van der Waals surface area contributed by atoms with Crippen molar-refractivity contribution in [2.45, 2.75) is 45.6 Å². The van der Waals surface area contributed by atoms with Crippen LogP contribution in [0.3, 0.4) is 0 Å². The summed E-state index contributed by atoms with van der Waals surface area (Å²) < 4.78 is 51.5. The zero-order valence-corrected chi connectivity index (χ0v) is 9.35. The molecule has 0 saturated heterocycles. The molecule has 0 aliphatic rings. The molecule has 0 radical (unpaired) electrons. The molecule has 0 aliphatic carbocycles. The van der Waals surface area contributed by atoms with Crippen LogP contribution in [0.2, 0.25) is 0 Å². The highest BCUT2D eigenvalue weighted by molar-refractivity contribution is 5.11. The van der Waals surface area contributed by atoms with Gasteiger partial charge in [0, 0.05) is 19.0 Å². The van der Waals surface area contributed by atoms with Gasteiger partial charge in [0.25, 0.3) is 12.3 Å². The first-order chi connectivity index (χ1) is 7.21. The van der Waals surface area contributed by atoms with Crippen molar-refractivity contribution in [3.05, 3.63) is 17.7 Å². The zero-order chi connectivity index (χ0) is 12.5. The Morgan fingerprint density at radius 1 is 1.38 bits per heavy atom. The van der Waals surface area contributed by atoms with Crippen LogP contribution in [0.25, 0.3) is 0 Å². The molecule has 0 aliphatic heterocycles. The summed E-state index contributed by atoms with van der Waals surface area (Å²) in [5, 5.41) is 0. The van der Waals surface area contributed by atoms with E-state index in [4.69, 9.17) is 0 Å². The van der Waals surface area contributed by atoms with Gasteiger partial charge in [0.15, 0.2) is 0 Å². The number of imidazole rings is 1. The SMILES string of the molecule is CC(C)c1nc(C(C)(F)F)cn1CC(F)F. The summed E-state index contributed by atoms with van der Waals surface area (Å²) in [4.78, 5) is 3.71. The minimum absolute atomic E-state index is 0.171. The average Bonchev–Trinajstić information content (AvgIpc) is 2.45. The van der Waals surface area contributed by atoms with E-state index < -0.39 is 24.6 Å². The van der Waals surface area contributed by atoms with E-state index in [0.717, 1.165) is 10.8 Å². The molecule has 16 heavy (non-hydrogen) atoms. The van der Waals surface area contributed by atoms with Crippen LogP contribution in [-0.4, -0.2) is 16.0 Å². The Hall–Kier alpha value is -1.07. The second-order valence-electron chi connectivity index (χ2n) is 4.07. The summed E-state index contributed by atoms with van der Waals surface area (Å²) in [6.07, 6.45) is -1.58. The molecule has 2 nitrogen and oxygen atoms in total. The minimum Gasteiger partial charge on any atom is -0.328 e. The van der Waals surface area contributed by atoms with E-state index in [1.54, 1.807) is 13.8 Å². The molecule has 0 fully saturated rings. The van der Waals surface area contributed by atoms with Gasteiger partial charge < -0.3 is 4.57 Å². The first-order valence-corrected chi connectivity index (χ1v) is 4.95. The number of nitrogens with zero attached hydrogens (tertiary/aromatic N) is 2. The number of halogens is 4. The maximum Gasteiger partial charge on any atom is 0.288 e. The van der Waals surface area contributed by atoms with Crippen molar-refractivity contribution in [3.63, 3.8) is 0 Å². The monoisotopic (exact) mass is 238 g/mol. The van der Waals surface area contributed by atoms with Crippen LogP contribution in [0.4, 0.5) is 17.6 Å². The number of aromatic nitrogens is 2. The lowest BCUT2D eigenvalue weighted by Gasteiger charge is -2.08. The molecule has 1 rings (SSSR count). The highest BCUT2D eigenvalue weighted by Crippen LogP contribution is 2.28. The van der Waals surface area contributed by atoms with Crippen molar-refractivity contribution in [1.29, 1.82) is 0 Å². The Balaban J connectivity index is 3.10. The van der Waals surface area contributed by atoms with Gasteiger partial charge in [-0.1, -0.05) is 13.8 Å².